The highest BCUT2D eigenvalue weighted by Crippen LogP contribution is 2.29. The monoisotopic (exact) mass is 265 g/mol. The van der Waals surface area contributed by atoms with Crippen LogP contribution in [0.5, 0.6) is 0 Å². The fraction of sp³-hybridized carbons (Fsp3) is 0.143. The highest BCUT2D eigenvalue weighted by Gasteiger charge is 2.32. The molecule has 0 radical (unpaired) electrons. The molecule has 1 heterocycles. The molecule has 0 amide bonds. The summed E-state index contributed by atoms with van der Waals surface area (Å²) >= 11 is 0. The van der Waals surface area contributed by atoms with Crippen LogP contribution >= 0.6 is 0 Å². The van der Waals surface area contributed by atoms with Crippen LogP contribution in [0, 0.1) is 6.92 Å². The Labute approximate surface area is 107 Å². The maximum atomic E-state index is 12.4. The number of rotatable bonds is 2. The Morgan fingerprint density at radius 1 is 1.16 bits per heavy atom. The van der Waals surface area contributed by atoms with E-state index in [1.54, 1.807) is 18.2 Å². The molecule has 0 saturated carbocycles. The normalized spacial score (nSPS) is 11.4. The second-order valence-corrected chi connectivity index (χ2v) is 4.14. The highest BCUT2D eigenvalue weighted by atomic mass is 19.4. The molecule has 0 fully saturated rings. The van der Waals surface area contributed by atoms with Gasteiger partial charge in [0.25, 0.3) is 0 Å². The summed E-state index contributed by atoms with van der Waals surface area (Å²) in [6.07, 6.45) is -2.65. The van der Waals surface area contributed by atoms with Crippen LogP contribution in [-0.2, 0) is 6.18 Å². The van der Waals surface area contributed by atoms with Gasteiger partial charge in [-0.05, 0) is 24.6 Å². The van der Waals surface area contributed by atoms with E-state index in [2.05, 4.69) is 4.98 Å². The van der Waals surface area contributed by atoms with Crippen molar-refractivity contribution in [1.82, 2.24) is 4.98 Å². The zero-order valence-corrected chi connectivity index (χ0v) is 10.0. The van der Waals surface area contributed by atoms with Gasteiger partial charge in [0.1, 0.15) is 5.69 Å². The molecule has 1 aromatic heterocycles. The Morgan fingerprint density at radius 2 is 1.89 bits per heavy atom. The third-order valence-corrected chi connectivity index (χ3v) is 2.70. The molecule has 0 N–H and O–H groups in total. The van der Waals surface area contributed by atoms with Crippen LogP contribution in [0.3, 0.4) is 0 Å². The van der Waals surface area contributed by atoms with Gasteiger partial charge in [-0.1, -0.05) is 23.8 Å². The molecular weight excluding hydrogens is 255 g/mol. The van der Waals surface area contributed by atoms with Gasteiger partial charge in [-0.15, -0.1) is 0 Å². The van der Waals surface area contributed by atoms with Gasteiger partial charge < -0.3 is 0 Å². The summed E-state index contributed by atoms with van der Waals surface area (Å²) in [5, 5.41) is 0. The maximum Gasteiger partial charge on any atom is 0.433 e. The molecule has 0 aliphatic rings. The van der Waals surface area contributed by atoms with Crippen molar-refractivity contribution in [1.29, 1.82) is 0 Å². The fourth-order valence-corrected chi connectivity index (χ4v) is 1.76. The molecule has 0 aliphatic heterocycles. The smallest absolute Gasteiger partial charge is 0.298 e. The van der Waals surface area contributed by atoms with Crippen LogP contribution in [-0.4, -0.2) is 11.3 Å². The Hall–Kier alpha value is -2.17. The van der Waals surface area contributed by atoms with Crippen molar-refractivity contribution >= 4 is 6.29 Å². The van der Waals surface area contributed by atoms with Gasteiger partial charge in [0.05, 0.1) is 0 Å². The van der Waals surface area contributed by atoms with Crippen molar-refractivity contribution in [2.75, 3.05) is 0 Å². The summed E-state index contributed by atoms with van der Waals surface area (Å²) in [6.45, 7) is 1.84. The number of aromatic nitrogens is 1. The minimum absolute atomic E-state index is 0.432. The maximum absolute atomic E-state index is 12.4. The van der Waals surface area contributed by atoms with Crippen LogP contribution in [0.25, 0.3) is 11.1 Å². The van der Waals surface area contributed by atoms with Crippen LogP contribution in [0.1, 0.15) is 21.6 Å². The predicted molar refractivity (Wildman–Crippen MR) is 64.8 cm³/mol. The molecule has 2 aromatic rings. The molecule has 0 unspecified atom stereocenters. The van der Waals surface area contributed by atoms with Crippen molar-refractivity contribution in [3.05, 3.63) is 53.3 Å². The first-order chi connectivity index (χ1) is 8.91. The third-order valence-electron chi connectivity index (χ3n) is 2.70. The summed E-state index contributed by atoms with van der Waals surface area (Å²) in [4.78, 5) is 14.4. The number of nitrogens with zero attached hydrogens (tertiary/aromatic N) is 1. The number of alkyl halides is 3. The number of aryl methyl sites for hydroxylation is 1. The van der Waals surface area contributed by atoms with Gasteiger partial charge in [-0.2, -0.15) is 13.2 Å². The van der Waals surface area contributed by atoms with Crippen LogP contribution in [0.15, 0.2) is 36.5 Å². The molecule has 1 aromatic carbocycles. The molecule has 0 bridgehead atoms. The van der Waals surface area contributed by atoms with E-state index in [0.29, 0.717) is 23.0 Å². The first kappa shape index (κ1) is 13.3. The molecule has 0 saturated heterocycles. The first-order valence-corrected chi connectivity index (χ1v) is 5.51. The van der Waals surface area contributed by atoms with E-state index in [4.69, 9.17) is 0 Å². The number of pyridine rings is 1. The van der Waals surface area contributed by atoms with Gasteiger partial charge in [0, 0.05) is 17.3 Å². The first-order valence-electron chi connectivity index (χ1n) is 5.51. The van der Waals surface area contributed by atoms with E-state index < -0.39 is 11.9 Å². The number of benzene rings is 1. The van der Waals surface area contributed by atoms with Gasteiger partial charge >= 0.3 is 6.18 Å². The Kier molecular flexibility index (Phi) is 3.38. The van der Waals surface area contributed by atoms with Crippen molar-refractivity contribution in [2.24, 2.45) is 0 Å². The summed E-state index contributed by atoms with van der Waals surface area (Å²) in [5.41, 5.74) is 1.44. The third kappa shape index (κ3) is 2.81. The van der Waals surface area contributed by atoms with E-state index in [-0.39, 0.29) is 0 Å². The molecular formula is C14H10F3NO. The average molecular weight is 265 g/mol. The van der Waals surface area contributed by atoms with E-state index in [0.717, 1.165) is 17.8 Å². The predicted octanol–water partition coefficient (Wildman–Crippen LogP) is 3.89. The van der Waals surface area contributed by atoms with Crippen molar-refractivity contribution in [3.8, 4) is 11.1 Å². The van der Waals surface area contributed by atoms with Crippen LogP contribution < -0.4 is 0 Å². The number of aldehydes is 1. The largest absolute Gasteiger partial charge is 0.433 e. The fourth-order valence-electron chi connectivity index (χ4n) is 1.76. The Bertz CT molecular complexity index is 603. The van der Waals surface area contributed by atoms with Crippen molar-refractivity contribution in [2.45, 2.75) is 13.1 Å². The summed E-state index contributed by atoms with van der Waals surface area (Å²) in [5.74, 6) is 0. The number of halogens is 3. The van der Waals surface area contributed by atoms with Gasteiger partial charge in [-0.3, -0.25) is 9.78 Å². The van der Waals surface area contributed by atoms with E-state index >= 15 is 0 Å². The van der Waals surface area contributed by atoms with Crippen molar-refractivity contribution < 1.29 is 18.0 Å². The molecule has 19 heavy (non-hydrogen) atoms. The second-order valence-electron chi connectivity index (χ2n) is 4.14. The molecule has 0 spiro atoms. The van der Waals surface area contributed by atoms with Crippen molar-refractivity contribution in [3.63, 3.8) is 0 Å². The highest BCUT2D eigenvalue weighted by molar-refractivity contribution is 5.87. The number of carbonyl (C=O) groups is 1. The topological polar surface area (TPSA) is 30.0 Å². The molecule has 2 nitrogen and oxygen atoms in total. The minimum atomic E-state index is -4.46. The van der Waals surface area contributed by atoms with E-state index in [9.17, 15) is 18.0 Å². The average Bonchev–Trinajstić information content (AvgIpc) is 2.37. The van der Waals surface area contributed by atoms with E-state index in [1.807, 2.05) is 6.92 Å². The van der Waals surface area contributed by atoms with Gasteiger partial charge in [0.15, 0.2) is 6.29 Å². The molecule has 2 rings (SSSR count). The molecule has 0 aliphatic carbocycles. The van der Waals surface area contributed by atoms with Gasteiger partial charge in [-0.25, -0.2) is 0 Å². The lowest BCUT2D eigenvalue weighted by molar-refractivity contribution is -0.141. The zero-order valence-electron chi connectivity index (χ0n) is 10.0. The van der Waals surface area contributed by atoms with Crippen LogP contribution in [0.4, 0.5) is 13.2 Å². The molecule has 98 valence electrons. The minimum Gasteiger partial charge on any atom is -0.298 e. The molecule has 5 heteroatoms. The lowest BCUT2D eigenvalue weighted by Gasteiger charge is -2.08. The summed E-state index contributed by atoms with van der Waals surface area (Å²) in [6, 6.07) is 7.39. The Morgan fingerprint density at radius 3 is 2.42 bits per heavy atom. The standard InChI is InChI=1S/C14H10F3NO/c1-9-2-4-12(11(6-9)8-19)10-3-5-13(18-7-10)14(15,16)17/h2-8H,1H3. The molecule has 0 atom stereocenters. The lowest BCUT2D eigenvalue weighted by atomic mass is 10.00. The Balaban J connectivity index is 2.46. The number of carbonyl (C=O) groups excluding carboxylic acids is 1. The zero-order chi connectivity index (χ0) is 14.0. The van der Waals surface area contributed by atoms with Gasteiger partial charge in [0.2, 0.25) is 0 Å². The van der Waals surface area contributed by atoms with E-state index in [1.165, 1.54) is 6.07 Å². The quantitative estimate of drug-likeness (QED) is 0.771. The lowest BCUT2D eigenvalue weighted by Crippen LogP contribution is -2.07. The van der Waals surface area contributed by atoms with Crippen LogP contribution in [0.2, 0.25) is 0 Å². The second kappa shape index (κ2) is 4.84. The SMILES string of the molecule is Cc1ccc(-c2ccc(C(F)(F)F)nc2)c(C=O)c1. The summed E-state index contributed by atoms with van der Waals surface area (Å²) < 4.78 is 37.2. The number of hydrogen-bond acceptors (Lipinski definition) is 2. The summed E-state index contributed by atoms with van der Waals surface area (Å²) in [7, 11) is 0. The number of hydrogen-bond donors (Lipinski definition) is 0.